The highest BCUT2D eigenvalue weighted by Crippen LogP contribution is 2.42. The average Bonchev–Trinajstić information content (AvgIpc) is 3.41. The molecule has 0 unspecified atom stereocenters. The van der Waals surface area contributed by atoms with Crippen LogP contribution in [0.3, 0.4) is 0 Å². The molecular formula is C20H21N5OS. The van der Waals surface area contributed by atoms with Crippen molar-refractivity contribution in [1.82, 2.24) is 24.6 Å². The summed E-state index contributed by atoms with van der Waals surface area (Å²) in [5.41, 5.74) is 1.75. The van der Waals surface area contributed by atoms with Gasteiger partial charge in [0.05, 0.1) is 17.2 Å². The predicted octanol–water partition coefficient (Wildman–Crippen LogP) is 2.77. The fourth-order valence-electron chi connectivity index (χ4n) is 3.56. The summed E-state index contributed by atoms with van der Waals surface area (Å²) in [6.45, 7) is 3.65. The molecule has 0 atom stereocenters. The molecule has 4 heterocycles. The Morgan fingerprint density at radius 2 is 1.93 bits per heavy atom. The standard InChI is InChI=1S/C20H21N5OS/c26-19-4-3-18(15-5-7-21-8-6-15)23-25(19)12-14-10-24(11-14)13-17-9-22-20(27-17)16-1-2-16/h3-9,14,16H,1-2,10-13H2. The van der Waals surface area contributed by atoms with E-state index in [1.165, 1.54) is 22.7 Å². The van der Waals surface area contributed by atoms with Crippen molar-refractivity contribution in [3.8, 4) is 11.3 Å². The van der Waals surface area contributed by atoms with Gasteiger partial charge in [-0.1, -0.05) is 0 Å². The van der Waals surface area contributed by atoms with E-state index in [0.717, 1.165) is 36.8 Å². The van der Waals surface area contributed by atoms with Gasteiger partial charge in [0.2, 0.25) is 0 Å². The first-order valence-corrected chi connectivity index (χ1v) is 10.2. The van der Waals surface area contributed by atoms with E-state index < -0.39 is 0 Å². The molecule has 0 radical (unpaired) electrons. The summed E-state index contributed by atoms with van der Waals surface area (Å²) in [4.78, 5) is 24.6. The molecule has 0 N–H and O–H groups in total. The van der Waals surface area contributed by atoms with Gasteiger partial charge in [-0.05, 0) is 31.0 Å². The van der Waals surface area contributed by atoms with Gasteiger partial charge in [0, 0.05) is 66.6 Å². The van der Waals surface area contributed by atoms with Crippen molar-refractivity contribution in [3.05, 3.63) is 63.1 Å². The average molecular weight is 379 g/mol. The molecule has 0 spiro atoms. The second-order valence-corrected chi connectivity index (χ2v) is 8.62. The summed E-state index contributed by atoms with van der Waals surface area (Å²) in [5, 5.41) is 5.86. The molecule has 138 valence electrons. The molecule has 2 aliphatic rings. The smallest absolute Gasteiger partial charge is 0.266 e. The van der Waals surface area contributed by atoms with E-state index in [0.29, 0.717) is 12.5 Å². The van der Waals surface area contributed by atoms with Crippen molar-refractivity contribution < 1.29 is 0 Å². The largest absolute Gasteiger partial charge is 0.297 e. The van der Waals surface area contributed by atoms with E-state index in [9.17, 15) is 4.79 Å². The number of likely N-dealkylation sites (tertiary alicyclic amines) is 1. The van der Waals surface area contributed by atoms with Crippen LogP contribution in [0.4, 0.5) is 0 Å². The summed E-state index contributed by atoms with van der Waals surface area (Å²) >= 11 is 1.86. The monoisotopic (exact) mass is 379 g/mol. The minimum Gasteiger partial charge on any atom is -0.297 e. The minimum absolute atomic E-state index is 0.0391. The molecular weight excluding hydrogens is 358 g/mol. The van der Waals surface area contributed by atoms with Crippen molar-refractivity contribution in [2.24, 2.45) is 5.92 Å². The Morgan fingerprint density at radius 1 is 1.11 bits per heavy atom. The topological polar surface area (TPSA) is 63.9 Å². The Hall–Kier alpha value is -2.38. The van der Waals surface area contributed by atoms with Gasteiger partial charge >= 0.3 is 0 Å². The SMILES string of the molecule is O=c1ccc(-c2ccncc2)nn1CC1CN(Cc2cnc(C3CC3)s2)C1. The highest BCUT2D eigenvalue weighted by molar-refractivity contribution is 7.11. The number of rotatable bonds is 6. The first kappa shape index (κ1) is 16.8. The highest BCUT2D eigenvalue weighted by Gasteiger charge is 2.30. The van der Waals surface area contributed by atoms with Crippen molar-refractivity contribution in [2.45, 2.75) is 31.8 Å². The van der Waals surface area contributed by atoms with Crippen LogP contribution in [0.5, 0.6) is 0 Å². The first-order valence-electron chi connectivity index (χ1n) is 9.40. The quantitative estimate of drug-likeness (QED) is 0.659. The van der Waals surface area contributed by atoms with Gasteiger partial charge in [-0.15, -0.1) is 11.3 Å². The van der Waals surface area contributed by atoms with Crippen LogP contribution in [0.1, 0.15) is 28.6 Å². The normalized spacial score (nSPS) is 17.8. The Morgan fingerprint density at radius 3 is 2.70 bits per heavy atom. The number of hydrogen-bond acceptors (Lipinski definition) is 6. The number of thiazole rings is 1. The maximum Gasteiger partial charge on any atom is 0.266 e. The zero-order chi connectivity index (χ0) is 18.2. The molecule has 3 aromatic heterocycles. The van der Waals surface area contributed by atoms with Gasteiger partial charge < -0.3 is 0 Å². The molecule has 27 heavy (non-hydrogen) atoms. The van der Waals surface area contributed by atoms with Crippen LogP contribution in [0.25, 0.3) is 11.3 Å². The molecule has 0 bridgehead atoms. The van der Waals surface area contributed by atoms with Gasteiger partial charge in [0.15, 0.2) is 0 Å². The zero-order valence-corrected chi connectivity index (χ0v) is 15.8. The molecule has 3 aromatic rings. The second kappa shape index (κ2) is 6.98. The lowest BCUT2D eigenvalue weighted by molar-refractivity contribution is 0.0777. The number of aromatic nitrogens is 4. The van der Waals surface area contributed by atoms with Crippen molar-refractivity contribution >= 4 is 11.3 Å². The van der Waals surface area contributed by atoms with E-state index >= 15 is 0 Å². The highest BCUT2D eigenvalue weighted by atomic mass is 32.1. The van der Waals surface area contributed by atoms with E-state index in [4.69, 9.17) is 0 Å². The fourth-order valence-corrected chi connectivity index (χ4v) is 4.69. The lowest BCUT2D eigenvalue weighted by Gasteiger charge is -2.38. The third kappa shape index (κ3) is 3.70. The molecule has 2 fully saturated rings. The Labute approximate surface area is 161 Å². The summed E-state index contributed by atoms with van der Waals surface area (Å²) < 4.78 is 1.61. The fraction of sp³-hybridized carbons (Fsp3) is 0.400. The van der Waals surface area contributed by atoms with Crippen molar-refractivity contribution in [2.75, 3.05) is 13.1 Å². The number of pyridine rings is 1. The Bertz CT molecular complexity index is 989. The van der Waals surface area contributed by atoms with Gasteiger partial charge in [-0.25, -0.2) is 9.67 Å². The van der Waals surface area contributed by atoms with Crippen LogP contribution in [-0.2, 0) is 13.1 Å². The third-order valence-corrected chi connectivity index (χ3v) is 6.33. The van der Waals surface area contributed by atoms with E-state index in [2.05, 4.69) is 20.0 Å². The van der Waals surface area contributed by atoms with E-state index in [1.54, 1.807) is 29.2 Å². The third-order valence-electron chi connectivity index (χ3n) is 5.18. The molecule has 1 saturated heterocycles. The van der Waals surface area contributed by atoms with Crippen LogP contribution >= 0.6 is 11.3 Å². The second-order valence-electron chi connectivity index (χ2n) is 7.47. The van der Waals surface area contributed by atoms with Crippen molar-refractivity contribution in [1.29, 1.82) is 0 Å². The van der Waals surface area contributed by atoms with Gasteiger partial charge in [-0.2, -0.15) is 5.10 Å². The minimum atomic E-state index is -0.0391. The van der Waals surface area contributed by atoms with Crippen LogP contribution < -0.4 is 5.56 Å². The zero-order valence-electron chi connectivity index (χ0n) is 15.0. The molecule has 7 heteroatoms. The van der Waals surface area contributed by atoms with Gasteiger partial charge in [-0.3, -0.25) is 14.7 Å². The molecule has 6 nitrogen and oxygen atoms in total. The van der Waals surface area contributed by atoms with Crippen LogP contribution in [0.15, 0.2) is 47.7 Å². The molecule has 0 aromatic carbocycles. The first-order chi connectivity index (χ1) is 13.2. The molecule has 1 aliphatic carbocycles. The number of hydrogen-bond donors (Lipinski definition) is 0. The van der Waals surface area contributed by atoms with Gasteiger partial charge in [0.1, 0.15) is 0 Å². The van der Waals surface area contributed by atoms with Crippen LogP contribution in [-0.4, -0.2) is 37.7 Å². The molecule has 1 aliphatic heterocycles. The Kier molecular flexibility index (Phi) is 4.33. The van der Waals surface area contributed by atoms with Gasteiger partial charge in [0.25, 0.3) is 5.56 Å². The summed E-state index contributed by atoms with van der Waals surface area (Å²) in [6, 6.07) is 7.21. The molecule has 1 saturated carbocycles. The van der Waals surface area contributed by atoms with Crippen molar-refractivity contribution in [3.63, 3.8) is 0 Å². The maximum atomic E-state index is 12.2. The van der Waals surface area contributed by atoms with E-state index in [-0.39, 0.29) is 5.56 Å². The molecule has 0 amide bonds. The molecule has 5 rings (SSSR count). The summed E-state index contributed by atoms with van der Waals surface area (Å²) in [7, 11) is 0. The summed E-state index contributed by atoms with van der Waals surface area (Å²) in [5.74, 6) is 1.21. The lowest BCUT2D eigenvalue weighted by Crippen LogP contribution is -2.48. The van der Waals surface area contributed by atoms with E-state index in [1.807, 2.05) is 29.7 Å². The maximum absolute atomic E-state index is 12.2. The number of nitrogens with zero attached hydrogens (tertiary/aromatic N) is 5. The summed E-state index contributed by atoms with van der Waals surface area (Å²) in [6.07, 6.45) is 8.13. The lowest BCUT2D eigenvalue weighted by atomic mass is 10.0. The van der Waals surface area contributed by atoms with Crippen LogP contribution in [0.2, 0.25) is 0 Å². The Balaban J connectivity index is 1.20. The van der Waals surface area contributed by atoms with Crippen LogP contribution in [0, 0.1) is 5.92 Å². The predicted molar refractivity (Wildman–Crippen MR) is 105 cm³/mol.